The molecule has 120 valence electrons. The second-order valence-electron chi connectivity index (χ2n) is 5.91. The average Bonchev–Trinajstić information content (AvgIpc) is 2.45. The number of carboxylic acid groups (broad SMARTS) is 1. The summed E-state index contributed by atoms with van der Waals surface area (Å²) in [5.41, 5.74) is 2.65. The van der Waals surface area contributed by atoms with Gasteiger partial charge < -0.3 is 10.4 Å². The van der Waals surface area contributed by atoms with Gasteiger partial charge in [-0.15, -0.1) is 0 Å². The molecule has 0 saturated carbocycles. The molecule has 1 aromatic rings. The number of carboxylic acids is 1. The summed E-state index contributed by atoms with van der Waals surface area (Å²) in [5.74, 6) is -1.76. The summed E-state index contributed by atoms with van der Waals surface area (Å²) in [5, 5.41) is 13.2. The summed E-state index contributed by atoms with van der Waals surface area (Å²) in [6.45, 7) is 2.57. The molecule has 0 fully saturated rings. The third kappa shape index (κ3) is 2.66. The molecule has 0 radical (unpaired) electrons. The molecule has 0 amide bonds. The van der Waals surface area contributed by atoms with Crippen molar-refractivity contribution in [2.45, 2.75) is 12.8 Å². The minimum absolute atomic E-state index is 0.0718. The highest BCUT2D eigenvalue weighted by Gasteiger charge is 2.40. The second-order valence-corrected chi connectivity index (χ2v) is 6.32. The van der Waals surface area contributed by atoms with Crippen molar-refractivity contribution in [1.82, 2.24) is 10.2 Å². The van der Waals surface area contributed by atoms with E-state index < -0.39 is 11.9 Å². The molecule has 1 unspecified atom stereocenters. The Kier molecular flexibility index (Phi) is 4.00. The van der Waals surface area contributed by atoms with Crippen LogP contribution in [0, 0.1) is 0 Å². The molecule has 0 aromatic heterocycles. The number of nitrogens with one attached hydrogen (secondary N) is 1. The molecule has 5 nitrogen and oxygen atoms in total. The Bertz CT molecular complexity index is 767. The summed E-state index contributed by atoms with van der Waals surface area (Å²) < 4.78 is 0. The Morgan fingerprint density at radius 3 is 2.70 bits per heavy atom. The highest BCUT2D eigenvalue weighted by Crippen LogP contribution is 2.42. The van der Waals surface area contributed by atoms with Crippen molar-refractivity contribution >= 4 is 23.4 Å². The number of ketones is 1. The molecule has 2 aliphatic rings. The summed E-state index contributed by atoms with van der Waals surface area (Å²) in [7, 11) is 1.86. The second kappa shape index (κ2) is 5.83. The van der Waals surface area contributed by atoms with Crippen molar-refractivity contribution in [1.29, 1.82) is 0 Å². The number of aliphatic carboxylic acids is 1. The van der Waals surface area contributed by atoms with Gasteiger partial charge in [0.2, 0.25) is 0 Å². The maximum absolute atomic E-state index is 12.6. The van der Waals surface area contributed by atoms with Gasteiger partial charge in [0.15, 0.2) is 5.78 Å². The van der Waals surface area contributed by atoms with Crippen LogP contribution in [0.5, 0.6) is 0 Å². The Hall–Kier alpha value is -2.11. The zero-order valence-corrected chi connectivity index (χ0v) is 13.6. The number of hydrogen-bond donors (Lipinski definition) is 2. The van der Waals surface area contributed by atoms with Gasteiger partial charge in [0.1, 0.15) is 0 Å². The molecule has 2 aliphatic heterocycles. The maximum atomic E-state index is 12.6. The monoisotopic (exact) mass is 332 g/mol. The lowest BCUT2D eigenvalue weighted by Gasteiger charge is -2.36. The van der Waals surface area contributed by atoms with E-state index in [1.165, 1.54) is 0 Å². The fourth-order valence-corrected chi connectivity index (χ4v) is 3.56. The van der Waals surface area contributed by atoms with Crippen LogP contribution in [-0.4, -0.2) is 41.9 Å². The number of halogens is 1. The van der Waals surface area contributed by atoms with Gasteiger partial charge in [-0.05, 0) is 25.6 Å². The maximum Gasteiger partial charge on any atom is 0.334 e. The average molecular weight is 333 g/mol. The van der Waals surface area contributed by atoms with Crippen LogP contribution in [0.1, 0.15) is 18.4 Å². The van der Waals surface area contributed by atoms with Gasteiger partial charge in [-0.3, -0.25) is 9.69 Å². The highest BCUT2D eigenvalue weighted by molar-refractivity contribution is 6.31. The van der Waals surface area contributed by atoms with Crippen LogP contribution in [0.15, 0.2) is 46.8 Å². The topological polar surface area (TPSA) is 69.6 Å². The minimum Gasteiger partial charge on any atom is -0.478 e. The van der Waals surface area contributed by atoms with Crippen LogP contribution >= 0.6 is 11.6 Å². The number of likely N-dealkylation sites (N-methyl/N-ethyl adjacent to an activating group) is 1. The molecule has 6 heteroatoms. The molecule has 0 spiro atoms. The Morgan fingerprint density at radius 1 is 1.35 bits per heavy atom. The summed E-state index contributed by atoms with van der Waals surface area (Å²) in [4.78, 5) is 26.3. The molecule has 3 rings (SSSR count). The SMILES string of the molecule is CC1=C(C(=O)O)C(c2ccccc2Cl)C2=C(CN(C)CC2=O)N1. The molecule has 1 aromatic carbocycles. The predicted octanol–water partition coefficient (Wildman–Crippen LogP) is 2.15. The lowest BCUT2D eigenvalue weighted by atomic mass is 9.77. The largest absolute Gasteiger partial charge is 0.478 e. The number of benzene rings is 1. The Balaban J connectivity index is 2.24. The van der Waals surface area contributed by atoms with E-state index in [1.54, 1.807) is 31.2 Å². The summed E-state index contributed by atoms with van der Waals surface area (Å²) in [6.07, 6.45) is 0. The molecule has 2 N–H and O–H groups in total. The van der Waals surface area contributed by atoms with Gasteiger partial charge in [-0.1, -0.05) is 29.8 Å². The Morgan fingerprint density at radius 2 is 2.04 bits per heavy atom. The number of Topliss-reactive ketones (excluding diaryl/α,β-unsaturated/α-hetero) is 1. The number of hydrogen-bond acceptors (Lipinski definition) is 4. The van der Waals surface area contributed by atoms with Crippen molar-refractivity contribution in [3.8, 4) is 0 Å². The van der Waals surface area contributed by atoms with Crippen LogP contribution in [0.25, 0.3) is 0 Å². The number of allylic oxidation sites excluding steroid dienone is 1. The first-order chi connectivity index (χ1) is 10.9. The van der Waals surface area contributed by atoms with E-state index in [4.69, 9.17) is 11.6 Å². The molecular weight excluding hydrogens is 316 g/mol. The first-order valence-electron chi connectivity index (χ1n) is 7.30. The Labute approximate surface area is 139 Å². The van der Waals surface area contributed by atoms with Crippen LogP contribution in [0.3, 0.4) is 0 Å². The number of rotatable bonds is 2. The molecule has 0 aliphatic carbocycles. The summed E-state index contributed by atoms with van der Waals surface area (Å²) in [6, 6.07) is 7.09. The quantitative estimate of drug-likeness (QED) is 0.868. The van der Waals surface area contributed by atoms with Gasteiger partial charge in [0.05, 0.1) is 12.1 Å². The van der Waals surface area contributed by atoms with Crippen molar-refractivity contribution in [2.24, 2.45) is 0 Å². The third-order valence-electron chi connectivity index (χ3n) is 4.23. The number of carbonyl (C=O) groups is 2. The van der Waals surface area contributed by atoms with Crippen molar-refractivity contribution < 1.29 is 14.7 Å². The van der Waals surface area contributed by atoms with Gasteiger partial charge in [0.25, 0.3) is 0 Å². The van der Waals surface area contributed by atoms with Crippen molar-refractivity contribution in [3.05, 3.63) is 57.4 Å². The van der Waals surface area contributed by atoms with E-state index in [0.29, 0.717) is 28.4 Å². The summed E-state index contributed by atoms with van der Waals surface area (Å²) >= 11 is 6.30. The van der Waals surface area contributed by atoms with Gasteiger partial charge in [-0.25, -0.2) is 4.79 Å². The molecule has 23 heavy (non-hydrogen) atoms. The van der Waals surface area contributed by atoms with Crippen molar-refractivity contribution in [2.75, 3.05) is 20.1 Å². The zero-order chi connectivity index (χ0) is 16.7. The molecule has 2 heterocycles. The van der Waals surface area contributed by atoms with Crippen LogP contribution in [0.4, 0.5) is 0 Å². The van der Waals surface area contributed by atoms with Crippen LogP contribution < -0.4 is 5.32 Å². The zero-order valence-electron chi connectivity index (χ0n) is 12.9. The van der Waals surface area contributed by atoms with Gasteiger partial charge in [-0.2, -0.15) is 0 Å². The fraction of sp³-hybridized carbons (Fsp3) is 0.294. The smallest absolute Gasteiger partial charge is 0.334 e. The van der Waals surface area contributed by atoms with E-state index in [-0.39, 0.29) is 17.9 Å². The fourth-order valence-electron chi connectivity index (χ4n) is 3.31. The molecule has 1 atom stereocenters. The van der Waals surface area contributed by atoms with Gasteiger partial charge in [0, 0.05) is 34.5 Å². The highest BCUT2D eigenvalue weighted by atomic mass is 35.5. The normalized spacial score (nSPS) is 22.0. The van der Waals surface area contributed by atoms with Crippen LogP contribution in [-0.2, 0) is 9.59 Å². The van der Waals surface area contributed by atoms with E-state index >= 15 is 0 Å². The van der Waals surface area contributed by atoms with Crippen LogP contribution in [0.2, 0.25) is 5.02 Å². The molecule has 0 bridgehead atoms. The van der Waals surface area contributed by atoms with Gasteiger partial charge >= 0.3 is 5.97 Å². The minimum atomic E-state index is -1.04. The van der Waals surface area contributed by atoms with E-state index in [1.807, 2.05) is 11.9 Å². The molecular formula is C17H17ClN2O3. The lowest BCUT2D eigenvalue weighted by molar-refractivity contribution is -0.133. The molecule has 0 saturated heterocycles. The lowest BCUT2D eigenvalue weighted by Crippen LogP contribution is -2.43. The number of dihydropyridines is 1. The van der Waals surface area contributed by atoms with E-state index in [2.05, 4.69) is 5.32 Å². The predicted molar refractivity (Wildman–Crippen MR) is 87.2 cm³/mol. The van der Waals surface area contributed by atoms with E-state index in [0.717, 1.165) is 5.70 Å². The first kappa shape index (κ1) is 15.8. The third-order valence-corrected chi connectivity index (χ3v) is 4.58. The van der Waals surface area contributed by atoms with E-state index in [9.17, 15) is 14.7 Å². The van der Waals surface area contributed by atoms with Crippen molar-refractivity contribution in [3.63, 3.8) is 0 Å². The number of nitrogens with zero attached hydrogens (tertiary/aromatic N) is 1. The standard InChI is InChI=1S/C17H17ClN2O3/c1-9-14(17(22)23)15(10-5-3-4-6-11(10)18)16-12(19-9)7-20(2)8-13(16)21/h3-6,15,19H,7-8H2,1-2H3,(H,22,23). The number of carbonyl (C=O) groups excluding carboxylic acids is 1. The first-order valence-corrected chi connectivity index (χ1v) is 7.68.